The zero-order valence-corrected chi connectivity index (χ0v) is 23.6. The molecule has 8 nitrogen and oxygen atoms in total. The summed E-state index contributed by atoms with van der Waals surface area (Å²) in [5.41, 5.74) is 5.18. The molecule has 1 atom stereocenters. The molecule has 3 rings (SSSR count). The van der Waals surface area contributed by atoms with Crippen molar-refractivity contribution in [1.29, 1.82) is 0 Å². The highest BCUT2D eigenvalue weighted by molar-refractivity contribution is 7.92. The molecule has 1 amide bonds. The Bertz CT molecular complexity index is 1190. The minimum atomic E-state index is -0.955. The number of nitrogens with two attached hydrogens (primary N) is 1. The van der Waals surface area contributed by atoms with Gasteiger partial charge in [0.15, 0.2) is 0 Å². The molecule has 39 heavy (non-hydrogen) atoms. The van der Waals surface area contributed by atoms with Gasteiger partial charge >= 0.3 is 5.97 Å². The second kappa shape index (κ2) is 17.3. The zero-order valence-electron chi connectivity index (χ0n) is 22.8. The van der Waals surface area contributed by atoms with E-state index in [4.69, 9.17) is 14.4 Å². The summed E-state index contributed by atoms with van der Waals surface area (Å²) in [4.78, 5) is 23.0. The second-order valence-corrected chi connectivity index (χ2v) is 9.05. The van der Waals surface area contributed by atoms with Gasteiger partial charge in [-0.25, -0.2) is 9.93 Å². The lowest BCUT2D eigenvalue weighted by molar-refractivity contribution is -0.120. The van der Waals surface area contributed by atoms with E-state index in [1.165, 1.54) is 0 Å². The van der Waals surface area contributed by atoms with Gasteiger partial charge in [0.2, 0.25) is 5.91 Å². The Balaban J connectivity index is 0.00000260. The van der Waals surface area contributed by atoms with Crippen LogP contribution >= 0.6 is 12.2 Å². The fourth-order valence-electron chi connectivity index (χ4n) is 3.96. The third kappa shape index (κ3) is 10.7. The summed E-state index contributed by atoms with van der Waals surface area (Å²) < 4.78 is 5.27. The lowest BCUT2D eigenvalue weighted by Crippen LogP contribution is -2.29. The number of carbonyl (C=O) groups excluding carboxylic acids is 1. The molecule has 0 aliphatic heterocycles. The van der Waals surface area contributed by atoms with Crippen molar-refractivity contribution in [3.63, 3.8) is 0 Å². The number of rotatable bonds is 14. The van der Waals surface area contributed by atoms with Crippen LogP contribution in [0.3, 0.4) is 0 Å². The minimum absolute atomic E-state index is 0.0558. The summed E-state index contributed by atoms with van der Waals surface area (Å²) in [6, 6.07) is 20.3. The lowest BCUT2D eigenvalue weighted by atomic mass is 9.96. The fourth-order valence-corrected chi connectivity index (χ4v) is 4.18. The molecule has 3 aromatic carbocycles. The highest BCUT2D eigenvalue weighted by atomic mass is 32.2. The van der Waals surface area contributed by atoms with Crippen LogP contribution in [0.4, 0.5) is 0 Å². The molecule has 0 fully saturated rings. The monoisotopic (exact) mass is 553 g/mol. The summed E-state index contributed by atoms with van der Waals surface area (Å²) in [6.07, 6.45) is 0.877. The van der Waals surface area contributed by atoms with Gasteiger partial charge in [-0.3, -0.25) is 4.79 Å². The molecular formula is C30H39N3O5S. The Hall–Kier alpha value is -3.37. The second-order valence-electron chi connectivity index (χ2n) is 8.69. The number of aromatic carboxylic acids is 1. The smallest absolute Gasteiger partial charge is 0.335 e. The molecule has 0 aromatic heterocycles. The van der Waals surface area contributed by atoms with Crippen molar-refractivity contribution >= 4 is 24.1 Å². The number of aryl methyl sites for hydroxylation is 1. The van der Waals surface area contributed by atoms with E-state index in [2.05, 4.69) is 10.6 Å². The van der Waals surface area contributed by atoms with Crippen molar-refractivity contribution in [3.05, 3.63) is 89.0 Å². The minimum Gasteiger partial charge on any atom is -0.478 e. The number of benzene rings is 3. The van der Waals surface area contributed by atoms with Crippen LogP contribution in [0, 0.1) is 6.92 Å². The molecule has 6 N–H and O–H groups in total. The number of nitrogens with one attached hydrogen (secondary N) is 2. The van der Waals surface area contributed by atoms with Crippen LogP contribution in [-0.2, 0) is 11.2 Å². The maximum Gasteiger partial charge on any atom is 0.335 e. The largest absolute Gasteiger partial charge is 0.478 e. The highest BCUT2D eigenvalue weighted by Gasteiger charge is 2.11. The Morgan fingerprint density at radius 3 is 2.41 bits per heavy atom. The molecule has 3 aromatic rings. The Morgan fingerprint density at radius 1 is 1.00 bits per heavy atom. The number of amides is 1. The Kier molecular flexibility index (Phi) is 14.1. The number of aliphatic hydroxyl groups is 1. The quantitative estimate of drug-likeness (QED) is 0.106. The van der Waals surface area contributed by atoms with E-state index < -0.39 is 12.1 Å². The molecule has 0 spiro atoms. The van der Waals surface area contributed by atoms with Crippen molar-refractivity contribution in [3.8, 4) is 16.9 Å². The SMILES string of the molecule is CC.Cc1cc(OSN)ccc1-c1cccc(C(O)CCNCCC(=O)NCCc2ccc(C(=O)O)cc2)c1. The van der Waals surface area contributed by atoms with Crippen LogP contribution in [-0.4, -0.2) is 41.7 Å². The normalized spacial score (nSPS) is 11.2. The van der Waals surface area contributed by atoms with Crippen LogP contribution < -0.4 is 20.0 Å². The third-order valence-corrected chi connectivity index (χ3v) is 6.27. The highest BCUT2D eigenvalue weighted by Crippen LogP contribution is 2.30. The van der Waals surface area contributed by atoms with Crippen molar-refractivity contribution < 1.29 is 24.0 Å². The number of hydrogen-bond donors (Lipinski definition) is 5. The average molecular weight is 554 g/mol. The van der Waals surface area contributed by atoms with E-state index >= 15 is 0 Å². The van der Waals surface area contributed by atoms with Crippen LogP contribution in [0.2, 0.25) is 0 Å². The van der Waals surface area contributed by atoms with Gasteiger partial charge in [0.05, 0.1) is 11.7 Å². The van der Waals surface area contributed by atoms with Crippen LogP contribution in [0.5, 0.6) is 5.75 Å². The summed E-state index contributed by atoms with van der Waals surface area (Å²) in [7, 11) is 0. The number of hydrogen-bond acceptors (Lipinski definition) is 7. The van der Waals surface area contributed by atoms with E-state index in [0.29, 0.717) is 44.6 Å². The van der Waals surface area contributed by atoms with Gasteiger partial charge in [0.1, 0.15) is 18.0 Å². The number of carbonyl (C=O) groups is 2. The molecule has 210 valence electrons. The molecule has 0 heterocycles. The molecule has 1 unspecified atom stereocenters. The van der Waals surface area contributed by atoms with Gasteiger partial charge in [-0.15, -0.1) is 0 Å². The van der Waals surface area contributed by atoms with Gasteiger partial charge in [0.25, 0.3) is 0 Å². The van der Waals surface area contributed by atoms with Crippen molar-refractivity contribution in [2.45, 2.75) is 46.1 Å². The fraction of sp³-hybridized carbons (Fsp3) is 0.333. The Labute approximate surface area is 235 Å². The maximum absolute atomic E-state index is 12.1. The van der Waals surface area contributed by atoms with Crippen molar-refractivity contribution in [2.24, 2.45) is 5.14 Å². The van der Waals surface area contributed by atoms with E-state index in [0.717, 1.165) is 40.0 Å². The summed E-state index contributed by atoms with van der Waals surface area (Å²) in [5.74, 6) is -0.319. The first-order valence-corrected chi connectivity index (χ1v) is 13.9. The molecule has 0 aliphatic rings. The first-order valence-electron chi connectivity index (χ1n) is 13.1. The van der Waals surface area contributed by atoms with Gasteiger partial charge in [-0.05, 0) is 84.5 Å². The predicted molar refractivity (Wildman–Crippen MR) is 158 cm³/mol. The topological polar surface area (TPSA) is 134 Å². The van der Waals surface area contributed by atoms with Crippen molar-refractivity contribution in [2.75, 3.05) is 19.6 Å². The standard InChI is InChI=1S/C28H33N3O5S.C2H6/c1-19-17-24(36-37-29)9-10-25(19)22-3-2-4-23(18-22)26(32)12-14-30-15-13-27(33)31-16-11-20-5-7-21(8-6-20)28(34)35;1-2/h2-10,17-18,26,30,32H,11-16,29H2,1H3,(H,31,33)(H,34,35);1-2H3. The molecule has 0 bridgehead atoms. The Morgan fingerprint density at radius 2 is 1.74 bits per heavy atom. The summed E-state index contributed by atoms with van der Waals surface area (Å²) in [6.45, 7) is 7.59. The van der Waals surface area contributed by atoms with Gasteiger partial charge in [-0.2, -0.15) is 0 Å². The summed E-state index contributed by atoms with van der Waals surface area (Å²) >= 11 is 0.811. The first kappa shape index (κ1) is 31.8. The number of carboxylic acid groups (broad SMARTS) is 1. The number of carboxylic acids is 1. The molecule has 0 radical (unpaired) electrons. The molecule has 0 saturated heterocycles. The van der Waals surface area contributed by atoms with E-state index in [1.807, 2.05) is 63.2 Å². The third-order valence-electron chi connectivity index (χ3n) is 5.98. The van der Waals surface area contributed by atoms with Crippen molar-refractivity contribution in [1.82, 2.24) is 10.6 Å². The van der Waals surface area contributed by atoms with E-state index in [1.54, 1.807) is 24.3 Å². The van der Waals surface area contributed by atoms with Gasteiger partial charge in [-0.1, -0.05) is 50.2 Å². The zero-order chi connectivity index (χ0) is 28.6. The molecule has 9 heteroatoms. The van der Waals surface area contributed by atoms with Gasteiger partial charge < -0.3 is 25.0 Å². The molecular weight excluding hydrogens is 514 g/mol. The average Bonchev–Trinajstić information content (AvgIpc) is 2.94. The molecule has 0 saturated carbocycles. The predicted octanol–water partition coefficient (Wildman–Crippen LogP) is 5.05. The number of aliphatic hydroxyl groups excluding tert-OH is 1. The molecule has 0 aliphatic carbocycles. The first-order chi connectivity index (χ1) is 18.9. The van der Waals surface area contributed by atoms with Gasteiger partial charge in [0, 0.05) is 19.5 Å². The van der Waals surface area contributed by atoms with E-state index in [9.17, 15) is 14.7 Å². The van der Waals surface area contributed by atoms with Crippen LogP contribution in [0.15, 0.2) is 66.7 Å². The van der Waals surface area contributed by atoms with Crippen LogP contribution in [0.25, 0.3) is 11.1 Å². The summed E-state index contributed by atoms with van der Waals surface area (Å²) in [5, 5.41) is 31.0. The van der Waals surface area contributed by atoms with Crippen LogP contribution in [0.1, 0.15) is 59.8 Å². The van der Waals surface area contributed by atoms with E-state index in [-0.39, 0.29) is 11.5 Å². The lowest BCUT2D eigenvalue weighted by Gasteiger charge is -2.14. The maximum atomic E-state index is 12.1.